The molecule has 0 unspecified atom stereocenters. The van der Waals surface area contributed by atoms with Crippen molar-refractivity contribution in [2.75, 3.05) is 11.8 Å². The van der Waals surface area contributed by atoms with E-state index in [2.05, 4.69) is 4.72 Å². The topological polar surface area (TPSA) is 112 Å². The Kier molecular flexibility index (Phi) is 6.61. The summed E-state index contributed by atoms with van der Waals surface area (Å²) in [6.45, 7) is 3.40. The first-order valence-electron chi connectivity index (χ1n) is 10.6. The van der Waals surface area contributed by atoms with Gasteiger partial charge in [-0.05, 0) is 67.4 Å². The molecule has 1 aromatic heterocycles. The van der Waals surface area contributed by atoms with Gasteiger partial charge in [0.2, 0.25) is 0 Å². The monoisotopic (exact) mass is 493 g/mol. The lowest BCUT2D eigenvalue weighted by atomic mass is 10.1. The zero-order valence-corrected chi connectivity index (χ0v) is 20.1. The molecule has 4 rings (SSSR count). The van der Waals surface area contributed by atoms with Crippen molar-refractivity contribution < 1.29 is 27.1 Å². The SMILES string of the molecule is COc1ccc2c(COC(=O)c3ccc(NS(=O)(=O)c4cc(C)ccc4C)cc3)cc(=O)oc2c1. The van der Waals surface area contributed by atoms with Gasteiger partial charge in [-0.15, -0.1) is 0 Å². The highest BCUT2D eigenvalue weighted by Gasteiger charge is 2.18. The standard InChI is InChI=1S/C26H23NO7S/c1-16-4-5-17(2)24(12-16)35(30,31)27-20-8-6-18(7-9-20)26(29)33-15-19-13-25(28)34-23-14-21(32-3)10-11-22(19)23/h4-14,27H,15H2,1-3H3. The minimum atomic E-state index is -3.79. The Hall–Kier alpha value is -4.11. The number of nitrogens with one attached hydrogen (secondary N) is 1. The van der Waals surface area contributed by atoms with Crippen LogP contribution in [0.1, 0.15) is 27.0 Å². The molecule has 0 aliphatic heterocycles. The molecule has 0 saturated heterocycles. The van der Waals surface area contributed by atoms with Gasteiger partial charge in [-0.2, -0.15) is 0 Å². The summed E-state index contributed by atoms with van der Waals surface area (Å²) >= 11 is 0. The molecular formula is C26H23NO7S. The molecule has 4 aromatic rings. The van der Waals surface area contributed by atoms with Crippen molar-refractivity contribution in [2.45, 2.75) is 25.3 Å². The van der Waals surface area contributed by atoms with Gasteiger partial charge in [-0.1, -0.05) is 12.1 Å². The molecule has 35 heavy (non-hydrogen) atoms. The molecule has 0 spiro atoms. The van der Waals surface area contributed by atoms with Crippen molar-refractivity contribution in [2.24, 2.45) is 0 Å². The van der Waals surface area contributed by atoms with Crippen molar-refractivity contribution >= 4 is 32.6 Å². The van der Waals surface area contributed by atoms with E-state index in [-0.39, 0.29) is 17.1 Å². The van der Waals surface area contributed by atoms with Crippen LogP contribution in [-0.2, 0) is 21.4 Å². The average molecular weight is 494 g/mol. The second-order valence-corrected chi connectivity index (χ2v) is 9.63. The Morgan fingerprint density at radius 1 is 0.971 bits per heavy atom. The molecule has 3 aromatic carbocycles. The van der Waals surface area contributed by atoms with Crippen LogP contribution in [0, 0.1) is 13.8 Å². The summed E-state index contributed by atoms with van der Waals surface area (Å²) in [5.41, 5.74) is 2.24. The largest absolute Gasteiger partial charge is 0.497 e. The van der Waals surface area contributed by atoms with E-state index in [9.17, 15) is 18.0 Å². The molecule has 1 heterocycles. The Morgan fingerprint density at radius 2 is 1.71 bits per heavy atom. The zero-order chi connectivity index (χ0) is 25.2. The van der Waals surface area contributed by atoms with Crippen molar-refractivity contribution in [1.29, 1.82) is 0 Å². The maximum absolute atomic E-state index is 12.8. The molecular weight excluding hydrogens is 470 g/mol. The molecule has 0 radical (unpaired) electrons. The van der Waals surface area contributed by atoms with Crippen LogP contribution in [-0.4, -0.2) is 21.5 Å². The van der Waals surface area contributed by atoms with Crippen LogP contribution in [0.5, 0.6) is 5.75 Å². The van der Waals surface area contributed by atoms with Crippen LogP contribution in [0.25, 0.3) is 11.0 Å². The summed E-state index contributed by atoms with van der Waals surface area (Å²) in [7, 11) is -2.28. The molecule has 0 amide bonds. The highest BCUT2D eigenvalue weighted by Crippen LogP contribution is 2.24. The third kappa shape index (κ3) is 5.36. The molecule has 0 bridgehead atoms. The van der Waals surface area contributed by atoms with Gasteiger partial charge < -0.3 is 13.9 Å². The number of hydrogen-bond donors (Lipinski definition) is 1. The fourth-order valence-electron chi connectivity index (χ4n) is 3.56. The van der Waals surface area contributed by atoms with E-state index in [0.717, 1.165) is 5.56 Å². The number of ether oxygens (including phenoxy) is 2. The van der Waals surface area contributed by atoms with Crippen LogP contribution >= 0.6 is 0 Å². The fraction of sp³-hybridized carbons (Fsp3) is 0.154. The predicted octanol–water partition coefficient (Wildman–Crippen LogP) is 4.58. The Balaban J connectivity index is 1.47. The Bertz CT molecular complexity index is 1570. The van der Waals surface area contributed by atoms with E-state index >= 15 is 0 Å². The van der Waals surface area contributed by atoms with Gasteiger partial charge >= 0.3 is 11.6 Å². The lowest BCUT2D eigenvalue weighted by molar-refractivity contribution is 0.0474. The number of benzene rings is 3. The molecule has 9 heteroatoms. The molecule has 8 nitrogen and oxygen atoms in total. The predicted molar refractivity (Wildman–Crippen MR) is 131 cm³/mol. The number of aryl methyl sites for hydroxylation is 2. The van der Waals surface area contributed by atoms with Gasteiger partial charge in [0.05, 0.1) is 17.6 Å². The van der Waals surface area contributed by atoms with Gasteiger partial charge in [0.1, 0.15) is 17.9 Å². The van der Waals surface area contributed by atoms with E-state index in [4.69, 9.17) is 13.9 Å². The lowest BCUT2D eigenvalue weighted by Gasteiger charge is -2.12. The van der Waals surface area contributed by atoms with E-state index in [1.54, 1.807) is 37.3 Å². The van der Waals surface area contributed by atoms with Gasteiger partial charge in [0.15, 0.2) is 0 Å². The summed E-state index contributed by atoms with van der Waals surface area (Å²) in [6.07, 6.45) is 0. The molecule has 180 valence electrons. The number of anilines is 1. The molecule has 0 aliphatic rings. The van der Waals surface area contributed by atoms with Crippen molar-refractivity contribution in [3.05, 3.63) is 99.4 Å². The first-order valence-corrected chi connectivity index (χ1v) is 12.1. The fourth-order valence-corrected chi connectivity index (χ4v) is 4.95. The van der Waals surface area contributed by atoms with E-state index in [0.29, 0.717) is 33.5 Å². The summed E-state index contributed by atoms with van der Waals surface area (Å²) < 4.78 is 43.8. The molecule has 0 fully saturated rings. The van der Waals surface area contributed by atoms with Crippen LogP contribution in [0.4, 0.5) is 5.69 Å². The summed E-state index contributed by atoms with van der Waals surface area (Å²) in [5, 5.41) is 0.620. The number of sulfonamides is 1. The summed E-state index contributed by atoms with van der Waals surface area (Å²) in [6, 6.07) is 17.4. The van der Waals surface area contributed by atoms with E-state index < -0.39 is 21.6 Å². The van der Waals surface area contributed by atoms with Crippen LogP contribution in [0.3, 0.4) is 0 Å². The minimum Gasteiger partial charge on any atom is -0.497 e. The first kappa shape index (κ1) is 24.0. The number of carbonyl (C=O) groups excluding carboxylic acids is 1. The second-order valence-electron chi connectivity index (χ2n) is 7.98. The van der Waals surface area contributed by atoms with E-state index in [1.165, 1.54) is 37.4 Å². The third-order valence-corrected chi connectivity index (χ3v) is 6.93. The van der Waals surface area contributed by atoms with Gasteiger partial charge in [0.25, 0.3) is 10.0 Å². The maximum atomic E-state index is 12.8. The quantitative estimate of drug-likeness (QED) is 0.296. The summed E-state index contributed by atoms with van der Waals surface area (Å²) in [4.78, 5) is 24.7. The van der Waals surface area contributed by atoms with Crippen LogP contribution < -0.4 is 15.1 Å². The highest BCUT2D eigenvalue weighted by atomic mass is 32.2. The van der Waals surface area contributed by atoms with Gasteiger partial charge in [-0.3, -0.25) is 4.72 Å². The van der Waals surface area contributed by atoms with Crippen LogP contribution in [0.15, 0.2) is 80.8 Å². The molecule has 1 N–H and O–H groups in total. The minimum absolute atomic E-state index is 0.145. The molecule has 0 atom stereocenters. The number of fused-ring (bicyclic) bond motifs is 1. The maximum Gasteiger partial charge on any atom is 0.338 e. The third-order valence-electron chi connectivity index (χ3n) is 5.40. The molecule has 0 saturated carbocycles. The van der Waals surface area contributed by atoms with E-state index in [1.807, 2.05) is 13.0 Å². The highest BCUT2D eigenvalue weighted by molar-refractivity contribution is 7.92. The number of carbonyl (C=O) groups is 1. The Labute approximate surface area is 202 Å². The number of methoxy groups -OCH3 is 1. The van der Waals surface area contributed by atoms with Crippen molar-refractivity contribution in [3.63, 3.8) is 0 Å². The first-order chi connectivity index (χ1) is 16.7. The molecule has 0 aliphatic carbocycles. The van der Waals surface area contributed by atoms with Gasteiger partial charge in [0, 0.05) is 28.8 Å². The lowest BCUT2D eigenvalue weighted by Crippen LogP contribution is -2.14. The number of rotatable bonds is 7. The average Bonchev–Trinajstić information content (AvgIpc) is 2.83. The Morgan fingerprint density at radius 3 is 2.43 bits per heavy atom. The van der Waals surface area contributed by atoms with Crippen LogP contribution in [0.2, 0.25) is 0 Å². The van der Waals surface area contributed by atoms with Crippen molar-refractivity contribution in [3.8, 4) is 5.75 Å². The van der Waals surface area contributed by atoms with Crippen molar-refractivity contribution in [1.82, 2.24) is 0 Å². The van der Waals surface area contributed by atoms with Gasteiger partial charge in [-0.25, -0.2) is 18.0 Å². The number of esters is 1. The smallest absolute Gasteiger partial charge is 0.338 e. The number of hydrogen-bond acceptors (Lipinski definition) is 7. The zero-order valence-electron chi connectivity index (χ0n) is 19.3. The summed E-state index contributed by atoms with van der Waals surface area (Å²) in [5.74, 6) is -0.0908. The second kappa shape index (κ2) is 9.63. The normalized spacial score (nSPS) is 11.3.